The van der Waals surface area contributed by atoms with Crippen LogP contribution in [-0.2, 0) is 10.0 Å². The second-order valence-corrected chi connectivity index (χ2v) is 7.87. The predicted octanol–water partition coefficient (Wildman–Crippen LogP) is 2.63. The van der Waals surface area contributed by atoms with Gasteiger partial charge < -0.3 is 10.4 Å². The molecule has 0 aromatic heterocycles. The summed E-state index contributed by atoms with van der Waals surface area (Å²) in [7, 11) is -3.37. The van der Waals surface area contributed by atoms with Crippen LogP contribution in [0.4, 0.5) is 15.8 Å². The number of aryl methyl sites for hydroxylation is 1. The largest absolute Gasteiger partial charge is 0.506 e. The van der Waals surface area contributed by atoms with E-state index in [1.807, 2.05) is 0 Å². The summed E-state index contributed by atoms with van der Waals surface area (Å²) < 4.78 is 38.9. The Hall–Kier alpha value is -2.61. The Morgan fingerprint density at radius 2 is 2.00 bits per heavy atom. The Kier molecular flexibility index (Phi) is 4.38. The van der Waals surface area contributed by atoms with Gasteiger partial charge in [-0.2, -0.15) is 0 Å². The Labute approximate surface area is 144 Å². The number of nitrogens with zero attached hydrogens (tertiary/aromatic N) is 1. The highest BCUT2D eigenvalue weighted by Crippen LogP contribution is 2.32. The fourth-order valence-electron chi connectivity index (χ4n) is 2.64. The molecule has 0 unspecified atom stereocenters. The van der Waals surface area contributed by atoms with Gasteiger partial charge in [0.25, 0.3) is 5.91 Å². The standard InChI is InChI=1S/C17H17FN2O4S/c1-11-3-4-12(9-14(11)18)17(22)19-15-10-13(5-6-16(15)21)20-7-2-8-25(20,23)24/h3-6,9-10,21H,2,7-8H2,1H3,(H,19,22). The first kappa shape index (κ1) is 17.2. The number of anilines is 2. The van der Waals surface area contributed by atoms with Crippen molar-refractivity contribution in [2.45, 2.75) is 13.3 Å². The maximum absolute atomic E-state index is 13.6. The van der Waals surface area contributed by atoms with Crippen molar-refractivity contribution < 1.29 is 22.7 Å². The van der Waals surface area contributed by atoms with Crippen LogP contribution in [0.2, 0.25) is 0 Å². The smallest absolute Gasteiger partial charge is 0.255 e. The molecule has 6 nitrogen and oxygen atoms in total. The van der Waals surface area contributed by atoms with Crippen molar-refractivity contribution in [3.05, 3.63) is 53.3 Å². The second kappa shape index (κ2) is 6.36. The highest BCUT2D eigenvalue weighted by molar-refractivity contribution is 7.93. The molecule has 8 heteroatoms. The molecule has 1 fully saturated rings. The van der Waals surface area contributed by atoms with Gasteiger partial charge in [-0.15, -0.1) is 0 Å². The van der Waals surface area contributed by atoms with Crippen LogP contribution >= 0.6 is 0 Å². The van der Waals surface area contributed by atoms with E-state index in [9.17, 15) is 22.7 Å². The van der Waals surface area contributed by atoms with Crippen molar-refractivity contribution in [1.82, 2.24) is 0 Å². The first-order chi connectivity index (χ1) is 11.8. The number of phenolic OH excluding ortho intramolecular Hbond substituents is 1. The first-order valence-corrected chi connectivity index (χ1v) is 9.30. The molecule has 1 aliphatic rings. The number of rotatable bonds is 3. The molecule has 1 aliphatic heterocycles. The summed E-state index contributed by atoms with van der Waals surface area (Å²) in [4.78, 5) is 12.3. The van der Waals surface area contributed by atoms with Gasteiger partial charge in [-0.25, -0.2) is 12.8 Å². The molecular weight excluding hydrogens is 347 g/mol. The second-order valence-electron chi connectivity index (χ2n) is 5.86. The van der Waals surface area contributed by atoms with E-state index in [1.165, 1.54) is 34.6 Å². The number of hydrogen-bond acceptors (Lipinski definition) is 4. The molecule has 0 radical (unpaired) electrons. The molecule has 2 aromatic carbocycles. The lowest BCUT2D eigenvalue weighted by atomic mass is 10.1. The van der Waals surface area contributed by atoms with Gasteiger partial charge in [0, 0.05) is 12.1 Å². The molecule has 2 N–H and O–H groups in total. The number of hydrogen-bond donors (Lipinski definition) is 2. The number of aromatic hydroxyl groups is 1. The molecule has 2 aromatic rings. The van der Waals surface area contributed by atoms with Gasteiger partial charge in [-0.1, -0.05) is 6.07 Å². The zero-order valence-electron chi connectivity index (χ0n) is 13.5. The summed E-state index contributed by atoms with van der Waals surface area (Å²) in [6.07, 6.45) is 0.521. The molecule has 25 heavy (non-hydrogen) atoms. The molecule has 1 heterocycles. The summed E-state index contributed by atoms with van der Waals surface area (Å²) in [5.41, 5.74) is 0.939. The number of halogens is 1. The summed E-state index contributed by atoms with van der Waals surface area (Å²) in [6, 6.07) is 8.24. The monoisotopic (exact) mass is 364 g/mol. The summed E-state index contributed by atoms with van der Waals surface area (Å²) in [6.45, 7) is 1.94. The molecule has 0 atom stereocenters. The van der Waals surface area contributed by atoms with Crippen LogP contribution in [0.5, 0.6) is 5.75 Å². The Balaban J connectivity index is 1.88. The lowest BCUT2D eigenvalue weighted by Crippen LogP contribution is -2.25. The molecule has 0 bridgehead atoms. The number of carbonyl (C=O) groups excluding carboxylic acids is 1. The highest BCUT2D eigenvalue weighted by atomic mass is 32.2. The minimum absolute atomic E-state index is 0.0607. The third-order valence-corrected chi connectivity index (χ3v) is 5.92. The van der Waals surface area contributed by atoms with Crippen LogP contribution in [0.15, 0.2) is 36.4 Å². The van der Waals surface area contributed by atoms with Crippen molar-refractivity contribution in [2.75, 3.05) is 21.9 Å². The van der Waals surface area contributed by atoms with Crippen LogP contribution in [0.1, 0.15) is 22.3 Å². The molecular formula is C17H17FN2O4S. The van der Waals surface area contributed by atoms with E-state index in [-0.39, 0.29) is 22.8 Å². The van der Waals surface area contributed by atoms with Crippen molar-refractivity contribution in [1.29, 1.82) is 0 Å². The normalized spacial score (nSPS) is 16.0. The topological polar surface area (TPSA) is 86.7 Å². The van der Waals surface area contributed by atoms with Gasteiger partial charge in [0.05, 0.1) is 17.1 Å². The van der Waals surface area contributed by atoms with Crippen LogP contribution in [0.25, 0.3) is 0 Å². The third kappa shape index (κ3) is 3.43. The van der Waals surface area contributed by atoms with E-state index >= 15 is 0 Å². The number of sulfonamides is 1. The Morgan fingerprint density at radius 3 is 2.64 bits per heavy atom. The molecule has 1 amide bonds. The number of phenols is 1. The molecule has 3 rings (SSSR count). The summed E-state index contributed by atoms with van der Waals surface area (Å²) in [5.74, 6) is -1.25. The number of carbonyl (C=O) groups is 1. The lowest BCUT2D eigenvalue weighted by Gasteiger charge is -2.18. The van der Waals surface area contributed by atoms with Crippen LogP contribution < -0.4 is 9.62 Å². The third-order valence-electron chi connectivity index (χ3n) is 4.05. The van der Waals surface area contributed by atoms with Crippen LogP contribution in [-0.4, -0.2) is 31.7 Å². The van der Waals surface area contributed by atoms with E-state index in [0.29, 0.717) is 24.2 Å². The van der Waals surface area contributed by atoms with Crippen molar-refractivity contribution in [3.63, 3.8) is 0 Å². The number of nitrogens with one attached hydrogen (secondary N) is 1. The minimum Gasteiger partial charge on any atom is -0.506 e. The fraction of sp³-hybridized carbons (Fsp3) is 0.235. The van der Waals surface area contributed by atoms with E-state index in [2.05, 4.69) is 5.32 Å². The van der Waals surface area contributed by atoms with Crippen molar-refractivity contribution in [3.8, 4) is 5.75 Å². The molecule has 132 valence electrons. The van der Waals surface area contributed by atoms with Gasteiger partial charge in [-0.3, -0.25) is 9.10 Å². The zero-order valence-corrected chi connectivity index (χ0v) is 14.3. The fourth-order valence-corrected chi connectivity index (χ4v) is 4.19. The highest BCUT2D eigenvalue weighted by Gasteiger charge is 2.29. The van der Waals surface area contributed by atoms with Gasteiger partial charge in [0.2, 0.25) is 10.0 Å². The molecule has 0 aliphatic carbocycles. The minimum atomic E-state index is -3.37. The van der Waals surface area contributed by atoms with Gasteiger partial charge >= 0.3 is 0 Å². The SMILES string of the molecule is Cc1ccc(C(=O)Nc2cc(N3CCCS3(=O)=O)ccc2O)cc1F. The Bertz CT molecular complexity index is 944. The Morgan fingerprint density at radius 1 is 1.24 bits per heavy atom. The summed E-state index contributed by atoms with van der Waals surface area (Å²) >= 11 is 0. The van der Waals surface area contributed by atoms with Crippen molar-refractivity contribution >= 4 is 27.3 Å². The maximum atomic E-state index is 13.6. The van der Waals surface area contributed by atoms with E-state index in [0.717, 1.165) is 6.07 Å². The average molecular weight is 364 g/mol. The van der Waals surface area contributed by atoms with Crippen LogP contribution in [0.3, 0.4) is 0 Å². The first-order valence-electron chi connectivity index (χ1n) is 7.69. The van der Waals surface area contributed by atoms with E-state index in [1.54, 1.807) is 6.92 Å². The summed E-state index contributed by atoms with van der Waals surface area (Å²) in [5, 5.41) is 12.4. The van der Waals surface area contributed by atoms with Gasteiger partial charge in [0.1, 0.15) is 11.6 Å². The maximum Gasteiger partial charge on any atom is 0.255 e. The van der Waals surface area contributed by atoms with E-state index < -0.39 is 21.7 Å². The number of benzene rings is 2. The quantitative estimate of drug-likeness (QED) is 0.820. The molecule has 0 saturated carbocycles. The predicted molar refractivity (Wildman–Crippen MR) is 92.9 cm³/mol. The van der Waals surface area contributed by atoms with Gasteiger partial charge in [-0.05, 0) is 49.2 Å². The van der Waals surface area contributed by atoms with Crippen molar-refractivity contribution in [2.24, 2.45) is 0 Å². The molecule has 0 spiro atoms. The average Bonchev–Trinajstić information content (AvgIpc) is 2.91. The van der Waals surface area contributed by atoms with Gasteiger partial charge in [0.15, 0.2) is 0 Å². The number of amides is 1. The zero-order chi connectivity index (χ0) is 18.2. The van der Waals surface area contributed by atoms with Crippen LogP contribution in [0, 0.1) is 12.7 Å². The molecule has 1 saturated heterocycles. The lowest BCUT2D eigenvalue weighted by molar-refractivity contribution is 0.102. The van der Waals surface area contributed by atoms with E-state index in [4.69, 9.17) is 0 Å².